The van der Waals surface area contributed by atoms with Gasteiger partial charge in [-0.25, -0.2) is 16.8 Å². The number of hydrogen-bond donors (Lipinski definition) is 0. The molecule has 0 saturated heterocycles. The minimum atomic E-state index is -4.28. The van der Waals surface area contributed by atoms with Crippen molar-refractivity contribution in [2.24, 2.45) is 0 Å². The molecule has 0 spiro atoms. The molecule has 0 aromatic heterocycles. The van der Waals surface area contributed by atoms with E-state index in [4.69, 9.17) is 0 Å². The van der Waals surface area contributed by atoms with Crippen LogP contribution in [0.5, 0.6) is 0 Å². The van der Waals surface area contributed by atoms with Crippen LogP contribution in [-0.2, 0) is 50.1 Å². The first-order valence-electron chi connectivity index (χ1n) is 7.17. The molecule has 2 aromatic carbocycles. The van der Waals surface area contributed by atoms with Crippen LogP contribution in [-0.4, -0.2) is 25.9 Å². The molecule has 0 amide bonds. The van der Waals surface area contributed by atoms with Gasteiger partial charge in [-0.2, -0.15) is 0 Å². The Morgan fingerprint density at radius 2 is 0.880 bits per heavy atom. The van der Waals surface area contributed by atoms with Gasteiger partial charge in [0, 0.05) is 0 Å². The average Bonchev–Trinajstić information content (AvgIpc) is 2.54. The van der Waals surface area contributed by atoms with E-state index in [1.54, 1.807) is 24.3 Å². The first-order chi connectivity index (χ1) is 11.1. The minimum absolute atomic E-state index is 0. The molecule has 138 valence electrons. The molecule has 0 bridgehead atoms. The fraction of sp³-hybridized carbons (Fsp3) is 0.250. The molecule has 2 rings (SSSR count). The number of aryl methyl sites for hydroxylation is 2. The first kappa shape index (κ1) is 23.8. The Kier molecular flexibility index (Phi) is 9.57. The molecule has 0 aliphatic heterocycles. The van der Waals surface area contributed by atoms with Gasteiger partial charge in [0.2, 0.25) is 0 Å². The van der Waals surface area contributed by atoms with Crippen LogP contribution in [0.3, 0.4) is 0 Å². The summed E-state index contributed by atoms with van der Waals surface area (Å²) in [6.45, 7) is 3.92. The summed E-state index contributed by atoms with van der Waals surface area (Å²) >= 11 is 0. The van der Waals surface area contributed by atoms with Crippen LogP contribution < -0.4 is 0 Å². The second-order valence-electron chi connectivity index (χ2n) is 4.90. The standard InChI is InChI=1S/2C8H10O3S.Fe/c2*1-2-7-3-5-8(6-4-7)12(9,10)11;/h2*3-6H,2H2,1H3,(H,9,10,11);/q;;+2/p-2. The van der Waals surface area contributed by atoms with Crippen LogP contribution in [0.1, 0.15) is 25.0 Å². The second-order valence-corrected chi connectivity index (χ2v) is 7.66. The van der Waals surface area contributed by atoms with Gasteiger partial charge in [-0.05, 0) is 48.2 Å². The van der Waals surface area contributed by atoms with E-state index in [1.807, 2.05) is 13.8 Å². The molecule has 0 aliphatic rings. The SMILES string of the molecule is CCc1ccc(S(=O)(=O)[O-])cc1.CCc1ccc(S(=O)(=O)[O-])cc1.[Fe+2]. The quantitative estimate of drug-likeness (QED) is 0.548. The summed E-state index contributed by atoms with van der Waals surface area (Å²) in [6.07, 6.45) is 1.67. The van der Waals surface area contributed by atoms with Gasteiger partial charge in [-0.1, -0.05) is 38.1 Å². The largest absolute Gasteiger partial charge is 2.00 e. The van der Waals surface area contributed by atoms with E-state index in [2.05, 4.69) is 0 Å². The van der Waals surface area contributed by atoms with Crippen molar-refractivity contribution in [2.45, 2.75) is 36.5 Å². The summed E-state index contributed by atoms with van der Waals surface area (Å²) in [4.78, 5) is -0.334. The zero-order valence-electron chi connectivity index (χ0n) is 13.7. The summed E-state index contributed by atoms with van der Waals surface area (Å²) < 4.78 is 62.9. The van der Waals surface area contributed by atoms with Crippen LogP contribution in [0.15, 0.2) is 58.3 Å². The third-order valence-electron chi connectivity index (χ3n) is 3.24. The monoisotopic (exact) mass is 426 g/mol. The van der Waals surface area contributed by atoms with Crippen molar-refractivity contribution < 1.29 is 43.0 Å². The van der Waals surface area contributed by atoms with Crippen LogP contribution in [0.2, 0.25) is 0 Å². The van der Waals surface area contributed by atoms with E-state index in [0.29, 0.717) is 0 Å². The molecule has 2 aromatic rings. The van der Waals surface area contributed by atoms with Crippen LogP contribution >= 0.6 is 0 Å². The Bertz CT molecular complexity index is 782. The Morgan fingerprint density at radius 1 is 0.640 bits per heavy atom. The van der Waals surface area contributed by atoms with Gasteiger partial charge in [0.25, 0.3) is 0 Å². The zero-order valence-corrected chi connectivity index (χ0v) is 16.4. The Hall–Kier alpha value is -1.22. The second kappa shape index (κ2) is 10.1. The van der Waals surface area contributed by atoms with E-state index in [0.717, 1.165) is 24.0 Å². The van der Waals surface area contributed by atoms with E-state index >= 15 is 0 Å². The molecule has 0 saturated carbocycles. The van der Waals surface area contributed by atoms with Crippen LogP contribution in [0.25, 0.3) is 0 Å². The van der Waals surface area contributed by atoms with Crippen LogP contribution in [0, 0.1) is 0 Å². The van der Waals surface area contributed by atoms with E-state index < -0.39 is 20.2 Å². The summed E-state index contributed by atoms with van der Waals surface area (Å²) in [5.74, 6) is 0. The molecular weight excluding hydrogens is 408 g/mol. The molecular formula is C16H18FeO6S2. The Labute approximate surface area is 159 Å². The molecule has 0 N–H and O–H groups in total. The van der Waals surface area contributed by atoms with Gasteiger partial charge in [-0.15, -0.1) is 0 Å². The summed E-state index contributed by atoms with van der Waals surface area (Å²) in [6, 6.07) is 11.9. The van der Waals surface area contributed by atoms with Gasteiger partial charge in [0.1, 0.15) is 20.2 Å². The first-order valence-corrected chi connectivity index (χ1v) is 9.99. The maximum absolute atomic E-state index is 10.5. The Balaban J connectivity index is 0.000000443. The van der Waals surface area contributed by atoms with Crippen molar-refractivity contribution >= 4 is 20.2 Å². The predicted octanol–water partition coefficient (Wildman–Crippen LogP) is 2.30. The van der Waals surface area contributed by atoms with Crippen molar-refractivity contribution in [3.8, 4) is 0 Å². The van der Waals surface area contributed by atoms with Gasteiger partial charge in [0.15, 0.2) is 0 Å². The molecule has 0 fully saturated rings. The average molecular weight is 426 g/mol. The van der Waals surface area contributed by atoms with Gasteiger partial charge >= 0.3 is 17.1 Å². The topological polar surface area (TPSA) is 114 Å². The molecule has 0 unspecified atom stereocenters. The number of hydrogen-bond acceptors (Lipinski definition) is 6. The summed E-state index contributed by atoms with van der Waals surface area (Å²) in [5.41, 5.74) is 2.03. The molecule has 0 heterocycles. The normalized spacial score (nSPS) is 11.0. The van der Waals surface area contributed by atoms with Gasteiger partial charge in [-0.3, -0.25) is 0 Å². The molecule has 9 heteroatoms. The van der Waals surface area contributed by atoms with E-state index in [-0.39, 0.29) is 26.9 Å². The molecule has 25 heavy (non-hydrogen) atoms. The van der Waals surface area contributed by atoms with Crippen molar-refractivity contribution in [3.05, 3.63) is 59.7 Å². The van der Waals surface area contributed by atoms with Crippen molar-refractivity contribution in [2.75, 3.05) is 0 Å². The van der Waals surface area contributed by atoms with Crippen molar-refractivity contribution in [1.29, 1.82) is 0 Å². The van der Waals surface area contributed by atoms with Crippen LogP contribution in [0.4, 0.5) is 0 Å². The maximum Gasteiger partial charge on any atom is 2.00 e. The number of rotatable bonds is 4. The molecule has 0 atom stereocenters. The summed E-state index contributed by atoms with van der Waals surface area (Å²) in [5, 5.41) is 0. The minimum Gasteiger partial charge on any atom is -0.744 e. The van der Waals surface area contributed by atoms with Gasteiger partial charge in [0.05, 0.1) is 9.79 Å². The third kappa shape index (κ3) is 8.13. The third-order valence-corrected chi connectivity index (χ3v) is 4.94. The smallest absolute Gasteiger partial charge is 0.744 e. The predicted molar refractivity (Wildman–Crippen MR) is 87.6 cm³/mol. The molecule has 0 radical (unpaired) electrons. The van der Waals surface area contributed by atoms with E-state index in [1.165, 1.54) is 24.3 Å². The maximum atomic E-state index is 10.5. The molecule has 6 nitrogen and oxygen atoms in total. The fourth-order valence-corrected chi connectivity index (χ4v) is 2.72. The number of benzene rings is 2. The zero-order chi connectivity index (χ0) is 18.4. The van der Waals surface area contributed by atoms with Gasteiger partial charge < -0.3 is 9.11 Å². The summed E-state index contributed by atoms with van der Waals surface area (Å²) in [7, 11) is -8.56. The molecule has 0 aliphatic carbocycles. The fourth-order valence-electron chi connectivity index (χ4n) is 1.78. The Morgan fingerprint density at radius 3 is 1.04 bits per heavy atom. The van der Waals surface area contributed by atoms with E-state index in [9.17, 15) is 25.9 Å². The van der Waals surface area contributed by atoms with Crippen molar-refractivity contribution in [3.63, 3.8) is 0 Å². The van der Waals surface area contributed by atoms with Crippen molar-refractivity contribution in [1.82, 2.24) is 0 Å².